The number of hydrogen-bond donors (Lipinski definition) is 2. The van der Waals surface area contributed by atoms with Crippen molar-refractivity contribution in [2.45, 2.75) is 5.92 Å². The summed E-state index contributed by atoms with van der Waals surface area (Å²) >= 11 is 0.691. The SMILES string of the molecule is O=C(O)CN1C(=O)C(/C=C2\SC(=O)N(c3cccc(O)c3)C2=O)c2ccccc21. The minimum absolute atomic E-state index is 0.0728. The molecule has 2 aliphatic heterocycles. The molecule has 0 bridgehead atoms. The molecule has 146 valence electrons. The highest BCUT2D eigenvalue weighted by atomic mass is 32.2. The highest BCUT2D eigenvalue weighted by Gasteiger charge is 2.41. The van der Waals surface area contributed by atoms with E-state index in [1.54, 1.807) is 24.3 Å². The first-order valence-electron chi connectivity index (χ1n) is 8.56. The zero-order valence-corrected chi connectivity index (χ0v) is 15.6. The number of carboxylic acid groups (broad SMARTS) is 1. The number of carboxylic acids is 1. The Bertz CT molecular complexity index is 1100. The summed E-state index contributed by atoms with van der Waals surface area (Å²) in [5.74, 6) is -3.19. The van der Waals surface area contributed by atoms with Crippen molar-refractivity contribution in [2.24, 2.45) is 0 Å². The summed E-state index contributed by atoms with van der Waals surface area (Å²) in [5, 5.41) is 18.2. The van der Waals surface area contributed by atoms with E-state index >= 15 is 0 Å². The van der Waals surface area contributed by atoms with Gasteiger partial charge in [0.05, 0.1) is 16.5 Å². The predicted molar refractivity (Wildman–Crippen MR) is 106 cm³/mol. The van der Waals surface area contributed by atoms with Crippen LogP contribution in [0.25, 0.3) is 0 Å². The highest BCUT2D eigenvalue weighted by Crippen LogP contribution is 2.42. The lowest BCUT2D eigenvalue weighted by atomic mass is 10.00. The van der Waals surface area contributed by atoms with E-state index in [4.69, 9.17) is 5.11 Å². The number of para-hydroxylation sites is 1. The van der Waals surface area contributed by atoms with Crippen molar-refractivity contribution in [1.29, 1.82) is 0 Å². The van der Waals surface area contributed by atoms with E-state index in [-0.39, 0.29) is 16.3 Å². The molecule has 0 saturated carbocycles. The van der Waals surface area contributed by atoms with E-state index in [0.717, 1.165) is 9.80 Å². The quantitative estimate of drug-likeness (QED) is 0.745. The van der Waals surface area contributed by atoms with Gasteiger partial charge in [-0.15, -0.1) is 0 Å². The third-order valence-electron chi connectivity index (χ3n) is 4.59. The number of phenols is 1. The molecule has 4 rings (SSSR count). The molecule has 2 N–H and O–H groups in total. The van der Waals surface area contributed by atoms with E-state index in [2.05, 4.69) is 0 Å². The maximum atomic E-state index is 12.8. The number of benzene rings is 2. The average Bonchev–Trinajstić information content (AvgIpc) is 3.10. The van der Waals surface area contributed by atoms with Crippen LogP contribution >= 0.6 is 11.8 Å². The van der Waals surface area contributed by atoms with Crippen molar-refractivity contribution in [2.75, 3.05) is 16.3 Å². The molecule has 2 heterocycles. The van der Waals surface area contributed by atoms with E-state index in [0.29, 0.717) is 23.0 Å². The molecule has 0 radical (unpaired) electrons. The van der Waals surface area contributed by atoms with Crippen molar-refractivity contribution in [3.63, 3.8) is 0 Å². The van der Waals surface area contributed by atoms with Crippen molar-refractivity contribution in [1.82, 2.24) is 0 Å². The number of thioether (sulfide) groups is 1. The fourth-order valence-corrected chi connectivity index (χ4v) is 4.21. The number of carbonyl (C=O) groups is 4. The number of carbonyl (C=O) groups excluding carboxylic acids is 3. The Hall–Kier alpha value is -3.59. The van der Waals surface area contributed by atoms with Gasteiger partial charge in [-0.2, -0.15) is 0 Å². The summed E-state index contributed by atoms with van der Waals surface area (Å²) in [6.45, 7) is -0.495. The van der Waals surface area contributed by atoms with Gasteiger partial charge in [0.25, 0.3) is 11.1 Å². The normalized spacial score (nSPS) is 19.9. The van der Waals surface area contributed by atoms with Crippen molar-refractivity contribution in [3.8, 4) is 5.75 Å². The Labute approximate surface area is 169 Å². The fourth-order valence-electron chi connectivity index (χ4n) is 3.36. The lowest BCUT2D eigenvalue weighted by molar-refractivity contribution is -0.136. The summed E-state index contributed by atoms with van der Waals surface area (Å²) in [6, 6.07) is 12.5. The number of phenolic OH excluding ortho intramolecular Hbond substituents is 1. The molecule has 0 spiro atoms. The molecule has 0 aromatic heterocycles. The summed E-state index contributed by atoms with van der Waals surface area (Å²) in [5.41, 5.74) is 1.26. The summed E-state index contributed by atoms with van der Waals surface area (Å²) in [7, 11) is 0. The minimum atomic E-state index is -1.15. The number of fused-ring (bicyclic) bond motifs is 1. The number of nitrogens with zero attached hydrogens (tertiary/aromatic N) is 2. The van der Waals surface area contributed by atoms with Gasteiger partial charge < -0.3 is 15.1 Å². The van der Waals surface area contributed by atoms with Crippen LogP contribution in [-0.4, -0.2) is 39.8 Å². The molecule has 8 nitrogen and oxygen atoms in total. The van der Waals surface area contributed by atoms with Crippen LogP contribution < -0.4 is 9.80 Å². The Morgan fingerprint density at radius 3 is 2.59 bits per heavy atom. The van der Waals surface area contributed by atoms with E-state index < -0.39 is 35.5 Å². The second-order valence-corrected chi connectivity index (χ2v) is 7.41. The van der Waals surface area contributed by atoms with Crippen molar-refractivity contribution >= 4 is 46.2 Å². The van der Waals surface area contributed by atoms with Crippen LogP contribution in [0.2, 0.25) is 0 Å². The van der Waals surface area contributed by atoms with Crippen molar-refractivity contribution in [3.05, 3.63) is 65.1 Å². The van der Waals surface area contributed by atoms with Gasteiger partial charge in [-0.3, -0.25) is 19.2 Å². The number of hydrogen-bond acceptors (Lipinski definition) is 6. The van der Waals surface area contributed by atoms with Gasteiger partial charge in [-0.05, 0) is 41.6 Å². The molecular formula is C20H14N2O6S. The van der Waals surface area contributed by atoms with Crippen LogP contribution in [0, 0.1) is 0 Å². The number of aliphatic carboxylic acids is 1. The van der Waals surface area contributed by atoms with Gasteiger partial charge in [0.1, 0.15) is 12.3 Å². The summed E-state index contributed by atoms with van der Waals surface area (Å²) in [6.07, 6.45) is 1.40. The number of aromatic hydroxyl groups is 1. The number of amides is 3. The van der Waals surface area contributed by atoms with Crippen LogP contribution in [0.1, 0.15) is 11.5 Å². The van der Waals surface area contributed by atoms with Crippen LogP contribution in [0.5, 0.6) is 5.75 Å². The van der Waals surface area contributed by atoms with E-state index in [9.17, 15) is 24.3 Å². The highest BCUT2D eigenvalue weighted by molar-refractivity contribution is 8.18. The standard InChI is InChI=1S/C20H14N2O6S/c23-12-5-3-4-11(8-12)22-19(27)16(29-20(22)28)9-14-13-6-1-2-7-15(13)21(18(14)26)10-17(24)25/h1-9,14,23H,10H2,(H,24,25)/b16-9-. The molecule has 2 aromatic carbocycles. The fraction of sp³-hybridized carbons (Fsp3) is 0.100. The molecule has 1 unspecified atom stereocenters. The third-order valence-corrected chi connectivity index (χ3v) is 5.48. The maximum absolute atomic E-state index is 12.8. The molecule has 9 heteroatoms. The molecule has 2 aliphatic rings. The molecule has 0 aliphatic carbocycles. The van der Waals surface area contributed by atoms with Crippen molar-refractivity contribution < 1.29 is 29.4 Å². The lowest BCUT2D eigenvalue weighted by Gasteiger charge is -2.14. The maximum Gasteiger partial charge on any atom is 0.323 e. The Morgan fingerprint density at radius 1 is 1.10 bits per heavy atom. The van der Waals surface area contributed by atoms with Gasteiger partial charge in [-0.25, -0.2) is 4.90 Å². The summed E-state index contributed by atoms with van der Waals surface area (Å²) < 4.78 is 0. The van der Waals surface area contributed by atoms with Gasteiger partial charge in [0.15, 0.2) is 0 Å². The summed E-state index contributed by atoms with van der Waals surface area (Å²) in [4.78, 5) is 51.3. The van der Waals surface area contributed by atoms with Gasteiger partial charge in [0, 0.05) is 11.8 Å². The first kappa shape index (κ1) is 18.8. The van der Waals surface area contributed by atoms with E-state index in [1.165, 1.54) is 30.3 Å². The smallest absolute Gasteiger partial charge is 0.323 e. The number of imide groups is 1. The molecule has 2 aromatic rings. The average molecular weight is 410 g/mol. The molecule has 3 amide bonds. The van der Waals surface area contributed by atoms with Crippen LogP contribution in [0.3, 0.4) is 0 Å². The monoisotopic (exact) mass is 410 g/mol. The predicted octanol–water partition coefficient (Wildman–Crippen LogP) is 2.69. The second kappa shape index (κ2) is 7.10. The van der Waals surface area contributed by atoms with Gasteiger partial charge in [-0.1, -0.05) is 24.3 Å². The third kappa shape index (κ3) is 3.25. The lowest BCUT2D eigenvalue weighted by Crippen LogP contribution is -2.33. The number of rotatable bonds is 4. The molecule has 1 atom stereocenters. The minimum Gasteiger partial charge on any atom is -0.508 e. The first-order valence-corrected chi connectivity index (χ1v) is 9.37. The number of anilines is 2. The Balaban J connectivity index is 1.69. The zero-order chi connectivity index (χ0) is 20.7. The zero-order valence-electron chi connectivity index (χ0n) is 14.8. The first-order chi connectivity index (χ1) is 13.9. The molecule has 29 heavy (non-hydrogen) atoms. The largest absolute Gasteiger partial charge is 0.508 e. The molecule has 1 fully saturated rings. The van der Waals surface area contributed by atoms with Gasteiger partial charge in [0.2, 0.25) is 5.91 Å². The second-order valence-electron chi connectivity index (χ2n) is 6.41. The van der Waals surface area contributed by atoms with Crippen LogP contribution in [-0.2, 0) is 14.4 Å². The Morgan fingerprint density at radius 2 is 1.86 bits per heavy atom. The topological polar surface area (TPSA) is 115 Å². The van der Waals surface area contributed by atoms with Crippen LogP contribution in [0.15, 0.2) is 59.5 Å². The molecule has 1 saturated heterocycles. The Kier molecular flexibility index (Phi) is 4.59. The molecular weight excluding hydrogens is 396 g/mol. The van der Waals surface area contributed by atoms with E-state index in [1.807, 2.05) is 0 Å². The van der Waals surface area contributed by atoms with Gasteiger partial charge >= 0.3 is 5.97 Å². The van der Waals surface area contributed by atoms with Crippen LogP contribution in [0.4, 0.5) is 16.2 Å².